The molecule has 22 heavy (non-hydrogen) atoms. The summed E-state index contributed by atoms with van der Waals surface area (Å²) in [5, 5.41) is 13.0. The Morgan fingerprint density at radius 2 is 2.14 bits per heavy atom. The molecule has 1 aromatic carbocycles. The number of nitrogens with one attached hydrogen (secondary N) is 1. The Balaban J connectivity index is 2.13. The zero-order chi connectivity index (χ0) is 16.0. The van der Waals surface area contributed by atoms with Crippen LogP contribution in [0.5, 0.6) is 5.75 Å². The fourth-order valence-electron chi connectivity index (χ4n) is 3.14. The summed E-state index contributed by atoms with van der Waals surface area (Å²) in [6.07, 6.45) is 3.20. The van der Waals surface area contributed by atoms with E-state index < -0.39 is 5.41 Å². The van der Waals surface area contributed by atoms with E-state index in [1.165, 1.54) is 0 Å². The molecule has 0 unspecified atom stereocenters. The molecule has 5 heteroatoms. The number of ether oxygens (including phenoxy) is 1. The fraction of sp³-hybridized carbons (Fsp3) is 0.529. The Bertz CT molecular complexity index is 557. The normalized spacial score (nSPS) is 24.5. The van der Waals surface area contributed by atoms with E-state index >= 15 is 0 Å². The van der Waals surface area contributed by atoms with Crippen LogP contribution in [0.4, 0.5) is 0 Å². The van der Waals surface area contributed by atoms with E-state index in [1.807, 2.05) is 31.2 Å². The quantitative estimate of drug-likeness (QED) is 0.839. The molecule has 1 fully saturated rings. The Morgan fingerprint density at radius 1 is 1.45 bits per heavy atom. The number of para-hydroxylation sites is 1. The van der Waals surface area contributed by atoms with E-state index in [-0.39, 0.29) is 18.5 Å². The summed E-state index contributed by atoms with van der Waals surface area (Å²) in [5.74, 6) is 0.453. The zero-order valence-electron chi connectivity index (χ0n) is 13.0. The number of nitrogens with zero attached hydrogens (tertiary/aromatic N) is 1. The molecule has 1 aliphatic rings. The molecule has 0 spiro atoms. The molecule has 0 atom stereocenters. The van der Waals surface area contributed by atoms with Gasteiger partial charge in [0, 0.05) is 11.6 Å². The predicted molar refractivity (Wildman–Crippen MR) is 84.4 cm³/mol. The van der Waals surface area contributed by atoms with Gasteiger partial charge >= 0.3 is 0 Å². The number of rotatable bonds is 6. The van der Waals surface area contributed by atoms with Crippen molar-refractivity contribution < 1.29 is 9.53 Å². The third-order valence-corrected chi connectivity index (χ3v) is 4.32. The largest absolute Gasteiger partial charge is 0.494 e. The first-order valence-electron chi connectivity index (χ1n) is 7.76. The number of benzene rings is 1. The molecule has 3 N–H and O–H groups in total. The minimum Gasteiger partial charge on any atom is -0.494 e. The zero-order valence-corrected chi connectivity index (χ0v) is 13.0. The molecule has 1 aromatic rings. The minimum absolute atomic E-state index is 0.194. The van der Waals surface area contributed by atoms with Crippen LogP contribution in [0.25, 0.3) is 0 Å². The number of hydrogen-bond acceptors (Lipinski definition) is 4. The summed E-state index contributed by atoms with van der Waals surface area (Å²) in [7, 11) is 0. The van der Waals surface area contributed by atoms with Gasteiger partial charge in [0.25, 0.3) is 0 Å². The van der Waals surface area contributed by atoms with Crippen molar-refractivity contribution >= 4 is 5.91 Å². The predicted octanol–water partition coefficient (Wildman–Crippen LogP) is 1.86. The molecule has 0 bridgehead atoms. The number of nitrogens with two attached hydrogens (primary N) is 1. The molecule has 0 aromatic heterocycles. The number of amides is 1. The van der Waals surface area contributed by atoms with Crippen LogP contribution in [0, 0.1) is 11.3 Å². The maximum Gasteiger partial charge on any atom is 0.231 e. The van der Waals surface area contributed by atoms with Crippen LogP contribution in [0.1, 0.15) is 38.2 Å². The van der Waals surface area contributed by atoms with Gasteiger partial charge in [-0.3, -0.25) is 4.79 Å². The number of hydrogen-bond donors (Lipinski definition) is 2. The monoisotopic (exact) mass is 301 g/mol. The molecular weight excluding hydrogens is 278 g/mol. The first-order valence-corrected chi connectivity index (χ1v) is 7.76. The molecule has 0 radical (unpaired) electrons. The van der Waals surface area contributed by atoms with Gasteiger partial charge in [0.15, 0.2) is 0 Å². The van der Waals surface area contributed by atoms with Crippen molar-refractivity contribution in [3.05, 3.63) is 29.8 Å². The minimum atomic E-state index is -0.503. The molecule has 0 aliphatic heterocycles. The summed E-state index contributed by atoms with van der Waals surface area (Å²) < 4.78 is 5.69. The Hall–Kier alpha value is -2.06. The summed E-state index contributed by atoms with van der Waals surface area (Å²) in [5.41, 5.74) is 5.64. The van der Waals surface area contributed by atoms with Gasteiger partial charge in [-0.1, -0.05) is 18.2 Å². The van der Waals surface area contributed by atoms with Crippen LogP contribution in [0.2, 0.25) is 0 Å². The van der Waals surface area contributed by atoms with Crippen LogP contribution >= 0.6 is 0 Å². The van der Waals surface area contributed by atoms with Crippen LogP contribution in [-0.2, 0) is 10.2 Å². The molecule has 118 valence electrons. The van der Waals surface area contributed by atoms with Crippen molar-refractivity contribution in [1.82, 2.24) is 5.32 Å². The number of carbonyl (C=O) groups excluding carboxylic acids is 1. The third-order valence-electron chi connectivity index (χ3n) is 4.32. The summed E-state index contributed by atoms with van der Waals surface area (Å²) in [6.45, 7) is 2.72. The highest BCUT2D eigenvalue weighted by molar-refractivity contribution is 5.75. The Kier molecular flexibility index (Phi) is 5.40. The Morgan fingerprint density at radius 3 is 2.73 bits per heavy atom. The van der Waals surface area contributed by atoms with Crippen molar-refractivity contribution in [3.8, 4) is 11.8 Å². The average molecular weight is 301 g/mol. The lowest BCUT2D eigenvalue weighted by molar-refractivity contribution is -0.117. The molecule has 2 rings (SSSR count). The van der Waals surface area contributed by atoms with Gasteiger partial charge in [-0.05, 0) is 38.7 Å². The number of carbonyl (C=O) groups is 1. The highest BCUT2D eigenvalue weighted by Gasteiger charge is 2.39. The van der Waals surface area contributed by atoms with Gasteiger partial charge in [0.1, 0.15) is 5.75 Å². The maximum atomic E-state index is 10.9. The van der Waals surface area contributed by atoms with Gasteiger partial charge in [0.2, 0.25) is 5.91 Å². The van der Waals surface area contributed by atoms with Crippen molar-refractivity contribution in [1.29, 1.82) is 5.26 Å². The standard InChI is InChI=1S/C17H23N3O2/c1-2-22-15-6-4-3-5-14(15)17(12-18)9-7-13(8-10-17)20-11-16(19)21/h3-6,13,20H,2,7-11H2,1H3,(H2,19,21). The van der Waals surface area contributed by atoms with E-state index in [2.05, 4.69) is 11.4 Å². The molecular formula is C17H23N3O2. The van der Waals surface area contributed by atoms with Gasteiger partial charge in [0.05, 0.1) is 24.6 Å². The lowest BCUT2D eigenvalue weighted by atomic mass is 9.69. The van der Waals surface area contributed by atoms with Crippen molar-refractivity contribution in [2.45, 2.75) is 44.1 Å². The molecule has 1 amide bonds. The van der Waals surface area contributed by atoms with E-state index in [0.29, 0.717) is 6.61 Å². The second kappa shape index (κ2) is 7.28. The molecule has 0 heterocycles. The number of nitriles is 1. The maximum absolute atomic E-state index is 10.9. The lowest BCUT2D eigenvalue weighted by Gasteiger charge is -2.36. The summed E-state index contributed by atoms with van der Waals surface area (Å²) >= 11 is 0. The highest BCUT2D eigenvalue weighted by Crippen LogP contribution is 2.42. The third kappa shape index (κ3) is 3.58. The molecule has 1 aliphatic carbocycles. The van der Waals surface area contributed by atoms with Crippen LogP contribution in [0.15, 0.2) is 24.3 Å². The average Bonchev–Trinajstić information content (AvgIpc) is 2.54. The van der Waals surface area contributed by atoms with E-state index in [0.717, 1.165) is 37.0 Å². The lowest BCUT2D eigenvalue weighted by Crippen LogP contribution is -2.42. The van der Waals surface area contributed by atoms with Gasteiger partial charge in [-0.15, -0.1) is 0 Å². The van der Waals surface area contributed by atoms with E-state index in [4.69, 9.17) is 10.5 Å². The van der Waals surface area contributed by atoms with Gasteiger partial charge < -0.3 is 15.8 Å². The first-order chi connectivity index (χ1) is 10.6. The topological polar surface area (TPSA) is 88.1 Å². The van der Waals surface area contributed by atoms with Crippen LogP contribution < -0.4 is 15.8 Å². The van der Waals surface area contributed by atoms with Crippen LogP contribution in [-0.4, -0.2) is 25.1 Å². The summed E-state index contributed by atoms with van der Waals surface area (Å²) in [4.78, 5) is 10.9. The Labute approximate surface area is 131 Å². The smallest absolute Gasteiger partial charge is 0.231 e. The highest BCUT2D eigenvalue weighted by atomic mass is 16.5. The van der Waals surface area contributed by atoms with Crippen LogP contribution in [0.3, 0.4) is 0 Å². The fourth-order valence-corrected chi connectivity index (χ4v) is 3.14. The van der Waals surface area contributed by atoms with E-state index in [1.54, 1.807) is 0 Å². The summed E-state index contributed by atoms with van der Waals surface area (Å²) in [6, 6.07) is 10.6. The van der Waals surface area contributed by atoms with Crippen molar-refractivity contribution in [3.63, 3.8) is 0 Å². The molecule has 0 saturated heterocycles. The molecule has 5 nitrogen and oxygen atoms in total. The second-order valence-electron chi connectivity index (χ2n) is 5.74. The van der Waals surface area contributed by atoms with Crippen molar-refractivity contribution in [2.75, 3.05) is 13.2 Å². The second-order valence-corrected chi connectivity index (χ2v) is 5.74. The van der Waals surface area contributed by atoms with Gasteiger partial charge in [-0.25, -0.2) is 0 Å². The SMILES string of the molecule is CCOc1ccccc1C1(C#N)CCC(NCC(N)=O)CC1. The van der Waals surface area contributed by atoms with Crippen molar-refractivity contribution in [2.24, 2.45) is 5.73 Å². The van der Waals surface area contributed by atoms with Gasteiger partial charge in [-0.2, -0.15) is 5.26 Å². The van der Waals surface area contributed by atoms with E-state index in [9.17, 15) is 10.1 Å². The first kappa shape index (κ1) is 16.3. The molecule has 1 saturated carbocycles. The number of primary amides is 1.